The van der Waals surface area contributed by atoms with E-state index in [9.17, 15) is 4.79 Å². The summed E-state index contributed by atoms with van der Waals surface area (Å²) in [5.41, 5.74) is 3.10. The van der Waals surface area contributed by atoms with Crippen molar-refractivity contribution in [2.75, 3.05) is 19.6 Å². The highest BCUT2D eigenvalue weighted by Crippen LogP contribution is 2.51. The molecule has 1 aromatic carbocycles. The largest absolute Gasteiger partial charge is 0.460 e. The van der Waals surface area contributed by atoms with Gasteiger partial charge in [-0.05, 0) is 89.3 Å². The smallest absolute Gasteiger partial charge is 0.307 e. The van der Waals surface area contributed by atoms with E-state index in [0.29, 0.717) is 23.9 Å². The maximum Gasteiger partial charge on any atom is 0.307 e. The average molecular weight is 439 g/mol. The number of nitrogens with zero attached hydrogens (tertiary/aromatic N) is 1. The van der Waals surface area contributed by atoms with Gasteiger partial charge >= 0.3 is 5.97 Å². The first kappa shape index (κ1) is 23.5. The van der Waals surface area contributed by atoms with Crippen molar-refractivity contribution in [3.63, 3.8) is 0 Å². The van der Waals surface area contributed by atoms with E-state index in [0.717, 1.165) is 32.0 Å². The lowest BCUT2D eigenvalue weighted by Gasteiger charge is -2.52. The quantitative estimate of drug-likeness (QED) is 0.549. The lowest BCUT2D eigenvalue weighted by Crippen LogP contribution is -2.54. The normalized spacial score (nSPS) is 26.1. The van der Waals surface area contributed by atoms with E-state index in [1.54, 1.807) is 5.57 Å². The molecular formula is C28H42N2O2. The van der Waals surface area contributed by atoms with Gasteiger partial charge in [0.25, 0.3) is 0 Å². The molecule has 1 heterocycles. The summed E-state index contributed by atoms with van der Waals surface area (Å²) in [5, 5.41) is 3.97. The average Bonchev–Trinajstić information content (AvgIpc) is 3.49. The molecule has 2 aliphatic carbocycles. The molecule has 2 atom stereocenters. The van der Waals surface area contributed by atoms with Gasteiger partial charge in [-0.1, -0.05) is 48.9 Å². The molecule has 4 rings (SSSR count). The minimum atomic E-state index is -0.382. The van der Waals surface area contributed by atoms with Crippen molar-refractivity contribution in [2.45, 2.75) is 90.3 Å². The number of hydrogen-bond acceptors (Lipinski definition) is 4. The van der Waals surface area contributed by atoms with Crippen LogP contribution in [0.15, 0.2) is 35.9 Å². The Balaban J connectivity index is 1.15. The maximum atomic E-state index is 12.0. The fraction of sp³-hybridized carbons (Fsp3) is 0.679. The molecule has 4 nitrogen and oxygen atoms in total. The molecule has 3 fully saturated rings. The molecule has 1 aromatic rings. The maximum absolute atomic E-state index is 12.0. The summed E-state index contributed by atoms with van der Waals surface area (Å²) in [7, 11) is 0. The third-order valence-corrected chi connectivity index (χ3v) is 7.60. The minimum absolute atomic E-state index is 0.0718. The number of carbonyl (C=O) groups is 1. The summed E-state index contributed by atoms with van der Waals surface area (Å²) in [6.07, 6.45) is 10.6. The number of benzene rings is 1. The number of piperidine rings is 1. The highest BCUT2D eigenvalue weighted by atomic mass is 16.6. The molecule has 1 N–H and O–H groups in total. The molecule has 4 heteroatoms. The molecule has 0 radical (unpaired) electrons. The molecule has 176 valence electrons. The SMILES string of the molecule is CCC(=Cc1ccccc1)C1C[C@@H]1NC1CC2(CCN(CCC(=O)OC(C)(C)C)CC2)C1. The molecule has 0 aromatic heterocycles. The number of likely N-dealkylation sites (tertiary alicyclic amines) is 1. The molecular weight excluding hydrogens is 396 g/mol. The highest BCUT2D eigenvalue weighted by molar-refractivity contribution is 5.70. The lowest BCUT2D eigenvalue weighted by molar-refractivity contribution is -0.155. The lowest BCUT2D eigenvalue weighted by atomic mass is 9.60. The van der Waals surface area contributed by atoms with Crippen LogP contribution < -0.4 is 5.32 Å². The van der Waals surface area contributed by atoms with Gasteiger partial charge < -0.3 is 15.0 Å². The van der Waals surface area contributed by atoms with Crippen LogP contribution in [-0.4, -0.2) is 48.2 Å². The van der Waals surface area contributed by atoms with Gasteiger partial charge in [-0.25, -0.2) is 0 Å². The Morgan fingerprint density at radius 1 is 1.19 bits per heavy atom. The molecule has 1 spiro atoms. The summed E-state index contributed by atoms with van der Waals surface area (Å²) in [5.74, 6) is 0.656. The van der Waals surface area contributed by atoms with Crippen LogP contribution in [0.4, 0.5) is 0 Å². The fourth-order valence-electron chi connectivity index (χ4n) is 5.73. The molecule has 1 aliphatic heterocycles. The van der Waals surface area contributed by atoms with Gasteiger partial charge in [0, 0.05) is 18.6 Å². The molecule has 1 saturated heterocycles. The zero-order valence-electron chi connectivity index (χ0n) is 20.5. The number of carbonyl (C=O) groups excluding carboxylic acids is 1. The second-order valence-electron chi connectivity index (χ2n) is 11.4. The van der Waals surface area contributed by atoms with Gasteiger partial charge in [0.1, 0.15) is 5.60 Å². The Labute approximate surface area is 194 Å². The van der Waals surface area contributed by atoms with Crippen LogP contribution in [-0.2, 0) is 9.53 Å². The number of nitrogens with one attached hydrogen (secondary N) is 1. The van der Waals surface area contributed by atoms with Crippen molar-refractivity contribution in [3.05, 3.63) is 41.5 Å². The van der Waals surface area contributed by atoms with Gasteiger partial charge in [-0.2, -0.15) is 0 Å². The Morgan fingerprint density at radius 2 is 1.88 bits per heavy atom. The zero-order valence-corrected chi connectivity index (χ0v) is 20.5. The van der Waals surface area contributed by atoms with Gasteiger partial charge in [-0.3, -0.25) is 4.79 Å². The first-order valence-corrected chi connectivity index (χ1v) is 12.7. The highest BCUT2D eigenvalue weighted by Gasteiger charge is 2.49. The molecule has 1 unspecified atom stereocenters. The van der Waals surface area contributed by atoms with E-state index in [1.807, 2.05) is 20.8 Å². The van der Waals surface area contributed by atoms with E-state index < -0.39 is 0 Å². The standard InChI is InChI=1S/C28H42N2O2/c1-5-22(17-21-9-7-6-8-10-21)24-18-25(24)29-23-19-28(20-23)12-15-30(16-13-28)14-11-26(31)32-27(2,3)4/h6-10,17,23-25,29H,5,11-16,18-20H2,1-4H3/t24?,25-/m0/s1. The van der Waals surface area contributed by atoms with Crippen molar-refractivity contribution in [2.24, 2.45) is 11.3 Å². The van der Waals surface area contributed by atoms with Crippen molar-refractivity contribution in [1.82, 2.24) is 10.2 Å². The van der Waals surface area contributed by atoms with Crippen LogP contribution in [0, 0.1) is 11.3 Å². The van der Waals surface area contributed by atoms with Gasteiger partial charge in [0.05, 0.1) is 6.42 Å². The van der Waals surface area contributed by atoms with Gasteiger partial charge in [0.15, 0.2) is 0 Å². The van der Waals surface area contributed by atoms with E-state index in [4.69, 9.17) is 4.74 Å². The molecule has 2 saturated carbocycles. The van der Waals surface area contributed by atoms with Crippen LogP contribution >= 0.6 is 0 Å². The molecule has 0 bridgehead atoms. The summed E-state index contributed by atoms with van der Waals surface area (Å²) in [4.78, 5) is 14.4. The third-order valence-electron chi connectivity index (χ3n) is 7.60. The Hall–Kier alpha value is -1.65. The molecule has 3 aliphatic rings. The number of esters is 1. The van der Waals surface area contributed by atoms with Crippen LogP contribution in [0.3, 0.4) is 0 Å². The van der Waals surface area contributed by atoms with E-state index in [1.165, 1.54) is 37.7 Å². The number of rotatable bonds is 8. The summed E-state index contributed by atoms with van der Waals surface area (Å²) >= 11 is 0. The monoisotopic (exact) mass is 438 g/mol. The predicted molar refractivity (Wildman–Crippen MR) is 131 cm³/mol. The predicted octanol–water partition coefficient (Wildman–Crippen LogP) is 5.43. The van der Waals surface area contributed by atoms with E-state index >= 15 is 0 Å². The van der Waals surface area contributed by atoms with Crippen LogP contribution in [0.1, 0.15) is 78.2 Å². The minimum Gasteiger partial charge on any atom is -0.460 e. The number of ether oxygens (including phenoxy) is 1. The van der Waals surface area contributed by atoms with Crippen LogP contribution in [0.2, 0.25) is 0 Å². The van der Waals surface area contributed by atoms with E-state index in [2.05, 4.69) is 53.5 Å². The van der Waals surface area contributed by atoms with Crippen LogP contribution in [0.5, 0.6) is 0 Å². The first-order chi connectivity index (χ1) is 15.3. The topological polar surface area (TPSA) is 41.6 Å². The van der Waals surface area contributed by atoms with Crippen molar-refractivity contribution >= 4 is 12.0 Å². The zero-order chi connectivity index (χ0) is 22.8. The van der Waals surface area contributed by atoms with Gasteiger partial charge in [0.2, 0.25) is 0 Å². The Kier molecular flexibility index (Phi) is 7.11. The second kappa shape index (κ2) is 9.69. The van der Waals surface area contributed by atoms with E-state index in [-0.39, 0.29) is 11.6 Å². The fourth-order valence-corrected chi connectivity index (χ4v) is 5.73. The van der Waals surface area contributed by atoms with Crippen molar-refractivity contribution in [3.8, 4) is 0 Å². The summed E-state index contributed by atoms with van der Waals surface area (Å²) in [6, 6.07) is 12.1. The first-order valence-electron chi connectivity index (χ1n) is 12.7. The molecule has 32 heavy (non-hydrogen) atoms. The van der Waals surface area contributed by atoms with Crippen molar-refractivity contribution in [1.29, 1.82) is 0 Å². The Morgan fingerprint density at radius 3 is 2.50 bits per heavy atom. The summed E-state index contributed by atoms with van der Waals surface area (Å²) < 4.78 is 5.45. The van der Waals surface area contributed by atoms with Gasteiger partial charge in [-0.15, -0.1) is 0 Å². The molecule has 0 amide bonds. The summed E-state index contributed by atoms with van der Waals surface area (Å²) in [6.45, 7) is 11.2. The Bertz CT molecular complexity index is 794. The third kappa shape index (κ3) is 6.23. The van der Waals surface area contributed by atoms with Crippen LogP contribution in [0.25, 0.3) is 6.08 Å². The van der Waals surface area contributed by atoms with Crippen molar-refractivity contribution < 1.29 is 9.53 Å². The second-order valence-corrected chi connectivity index (χ2v) is 11.4. The number of hydrogen-bond donors (Lipinski definition) is 1.